The Hall–Kier alpha value is -3.69. The van der Waals surface area contributed by atoms with Crippen LogP contribution in [0.4, 0.5) is 4.79 Å². The van der Waals surface area contributed by atoms with Crippen LogP contribution in [-0.2, 0) is 25.5 Å². The predicted molar refractivity (Wildman–Crippen MR) is 128 cm³/mol. The van der Waals surface area contributed by atoms with E-state index in [1.165, 1.54) is 12.0 Å². The molecule has 2 N–H and O–H groups in total. The summed E-state index contributed by atoms with van der Waals surface area (Å²) >= 11 is 6.12. The van der Waals surface area contributed by atoms with Crippen LogP contribution in [0.5, 0.6) is 0 Å². The number of halogens is 1. The Balaban J connectivity index is 1.53. The fourth-order valence-electron chi connectivity index (χ4n) is 4.25. The number of nitrogens with zero attached hydrogens (tertiary/aromatic N) is 2. The third-order valence-corrected chi connectivity index (χ3v) is 6.14. The first kappa shape index (κ1) is 24.4. The van der Waals surface area contributed by atoms with Crippen molar-refractivity contribution in [2.45, 2.75) is 12.5 Å². The number of urea groups is 1. The maximum Gasteiger partial charge on any atom is 0.338 e. The van der Waals surface area contributed by atoms with Crippen molar-refractivity contribution >= 4 is 35.4 Å². The molecule has 0 saturated carbocycles. The van der Waals surface area contributed by atoms with Crippen molar-refractivity contribution in [3.63, 3.8) is 0 Å². The van der Waals surface area contributed by atoms with Gasteiger partial charge in [-0.3, -0.25) is 19.4 Å². The number of imide groups is 1. The monoisotopic (exact) mass is 496 g/mol. The second-order valence-electron chi connectivity index (χ2n) is 8.29. The van der Waals surface area contributed by atoms with E-state index >= 15 is 0 Å². The molecule has 4 amide bonds. The maximum atomic E-state index is 12.8. The van der Waals surface area contributed by atoms with Crippen molar-refractivity contribution in [2.75, 3.05) is 33.3 Å². The Bertz CT molecular complexity index is 1170. The van der Waals surface area contributed by atoms with Crippen LogP contribution >= 0.6 is 11.6 Å². The van der Waals surface area contributed by atoms with Crippen LogP contribution in [0.15, 0.2) is 65.9 Å². The van der Waals surface area contributed by atoms with Gasteiger partial charge in [0.1, 0.15) is 0 Å². The molecule has 1 fully saturated rings. The molecule has 2 aliphatic rings. The molecule has 10 heteroatoms. The lowest BCUT2D eigenvalue weighted by atomic mass is 9.95. The molecule has 0 radical (unpaired) electrons. The molecule has 4 rings (SSSR count). The fraction of sp³-hybridized carbons (Fsp3) is 0.280. The topological polar surface area (TPSA) is 108 Å². The number of carbonyl (C=O) groups excluding carboxylic acids is 4. The number of nitrogens with one attached hydrogen (secondary N) is 2. The molecular formula is C25H25ClN4O5. The summed E-state index contributed by atoms with van der Waals surface area (Å²) in [5.74, 6) is -1.30. The minimum absolute atomic E-state index is 0.0128. The summed E-state index contributed by atoms with van der Waals surface area (Å²) in [6, 6.07) is 15.1. The highest BCUT2D eigenvalue weighted by atomic mass is 35.5. The molecule has 2 aromatic carbocycles. The lowest BCUT2D eigenvalue weighted by Crippen LogP contribution is -2.56. The summed E-state index contributed by atoms with van der Waals surface area (Å²) < 4.78 is 4.98. The highest BCUT2D eigenvalue weighted by molar-refractivity contribution is 6.30. The molecule has 0 aliphatic carbocycles. The Labute approximate surface area is 207 Å². The number of carbonyl (C=O) groups is 4. The number of amides is 4. The number of piperazine rings is 1. The normalized spacial score (nSPS) is 18.9. The van der Waals surface area contributed by atoms with Gasteiger partial charge in [-0.25, -0.2) is 9.59 Å². The average molecular weight is 497 g/mol. The Morgan fingerprint density at radius 1 is 1.06 bits per heavy atom. The van der Waals surface area contributed by atoms with Crippen molar-refractivity contribution in [3.05, 3.63) is 82.0 Å². The minimum atomic E-state index is -0.802. The predicted octanol–water partition coefficient (Wildman–Crippen LogP) is 2.03. The minimum Gasteiger partial charge on any atom is -0.466 e. The van der Waals surface area contributed by atoms with Crippen LogP contribution in [-0.4, -0.2) is 66.9 Å². The summed E-state index contributed by atoms with van der Waals surface area (Å²) in [4.78, 5) is 53.6. The molecule has 182 valence electrons. The first-order valence-corrected chi connectivity index (χ1v) is 11.5. The summed E-state index contributed by atoms with van der Waals surface area (Å²) in [5, 5.41) is 5.82. The molecule has 1 saturated heterocycles. The largest absolute Gasteiger partial charge is 0.466 e. The van der Waals surface area contributed by atoms with E-state index in [2.05, 4.69) is 10.6 Å². The van der Waals surface area contributed by atoms with Gasteiger partial charge in [-0.15, -0.1) is 0 Å². The van der Waals surface area contributed by atoms with Gasteiger partial charge in [0, 0.05) is 23.8 Å². The van der Waals surface area contributed by atoms with Crippen molar-refractivity contribution in [1.82, 2.24) is 20.4 Å². The Morgan fingerprint density at radius 3 is 2.43 bits per heavy atom. The van der Waals surface area contributed by atoms with Crippen molar-refractivity contribution in [3.8, 4) is 0 Å². The van der Waals surface area contributed by atoms with Crippen LogP contribution in [0.25, 0.3) is 0 Å². The summed E-state index contributed by atoms with van der Waals surface area (Å²) in [5.41, 5.74) is 2.08. The molecule has 0 bridgehead atoms. The molecule has 2 heterocycles. The van der Waals surface area contributed by atoms with E-state index < -0.39 is 18.0 Å². The number of ether oxygens (including phenoxy) is 1. The SMILES string of the molecule is COC(=O)C1=C(CN2CC(=O)N(CCc3ccccc3)C(=O)C2)NC(=O)NC1c1cccc(Cl)c1. The van der Waals surface area contributed by atoms with Gasteiger partial charge in [-0.05, 0) is 29.7 Å². The van der Waals surface area contributed by atoms with Crippen LogP contribution in [0.1, 0.15) is 17.2 Å². The highest BCUT2D eigenvalue weighted by Crippen LogP contribution is 2.29. The summed E-state index contributed by atoms with van der Waals surface area (Å²) in [7, 11) is 1.25. The quantitative estimate of drug-likeness (QED) is 0.448. The molecule has 2 aromatic rings. The highest BCUT2D eigenvalue weighted by Gasteiger charge is 2.36. The summed E-state index contributed by atoms with van der Waals surface area (Å²) in [6.07, 6.45) is 0.568. The van der Waals surface area contributed by atoms with E-state index in [4.69, 9.17) is 16.3 Å². The lowest BCUT2D eigenvalue weighted by molar-refractivity contribution is -0.151. The van der Waals surface area contributed by atoms with Crippen molar-refractivity contribution in [2.24, 2.45) is 0 Å². The number of benzene rings is 2. The lowest BCUT2D eigenvalue weighted by Gasteiger charge is -2.35. The third-order valence-electron chi connectivity index (χ3n) is 5.91. The van der Waals surface area contributed by atoms with Crippen molar-refractivity contribution < 1.29 is 23.9 Å². The standard InChI is InChI=1S/C25H25ClN4O5/c1-35-24(33)22-19(27-25(34)28-23(22)17-8-5-9-18(26)12-17)13-29-14-20(31)30(21(32)15-29)11-10-16-6-3-2-4-7-16/h2-9,12,23H,10-11,13-15H2,1H3,(H2,27,28,34). The van der Waals surface area contributed by atoms with E-state index in [1.807, 2.05) is 30.3 Å². The van der Waals surface area contributed by atoms with E-state index in [1.54, 1.807) is 29.2 Å². The average Bonchev–Trinajstić information content (AvgIpc) is 2.83. The van der Waals surface area contributed by atoms with Gasteiger partial charge in [0.15, 0.2) is 0 Å². The van der Waals surface area contributed by atoms with Crippen molar-refractivity contribution in [1.29, 1.82) is 0 Å². The van der Waals surface area contributed by atoms with Gasteiger partial charge in [0.25, 0.3) is 0 Å². The van der Waals surface area contributed by atoms with E-state index in [0.717, 1.165) is 5.56 Å². The second kappa shape index (κ2) is 10.7. The first-order chi connectivity index (χ1) is 16.9. The van der Waals surface area contributed by atoms with Crippen LogP contribution in [0.2, 0.25) is 5.02 Å². The summed E-state index contributed by atoms with van der Waals surface area (Å²) in [6.45, 7) is 0.259. The zero-order chi connectivity index (χ0) is 24.9. The van der Waals surface area contributed by atoms with E-state index in [0.29, 0.717) is 23.6 Å². The Kier molecular flexibility index (Phi) is 7.48. The van der Waals surface area contributed by atoms with E-state index in [9.17, 15) is 19.2 Å². The zero-order valence-corrected chi connectivity index (χ0v) is 19.9. The van der Waals surface area contributed by atoms with Gasteiger partial charge in [-0.2, -0.15) is 0 Å². The number of hydrogen-bond acceptors (Lipinski definition) is 6. The molecule has 1 unspecified atom stereocenters. The molecule has 1 atom stereocenters. The second-order valence-corrected chi connectivity index (χ2v) is 8.73. The van der Waals surface area contributed by atoms with Gasteiger partial charge < -0.3 is 15.4 Å². The van der Waals surface area contributed by atoms with Crippen LogP contribution in [0, 0.1) is 0 Å². The molecule has 35 heavy (non-hydrogen) atoms. The van der Waals surface area contributed by atoms with Gasteiger partial charge in [-0.1, -0.05) is 54.1 Å². The molecular weight excluding hydrogens is 472 g/mol. The van der Waals surface area contributed by atoms with Crippen LogP contribution < -0.4 is 10.6 Å². The molecule has 9 nitrogen and oxygen atoms in total. The van der Waals surface area contributed by atoms with Crippen LogP contribution in [0.3, 0.4) is 0 Å². The molecule has 0 spiro atoms. The third kappa shape index (κ3) is 5.70. The number of rotatable bonds is 7. The maximum absolute atomic E-state index is 12.8. The molecule has 2 aliphatic heterocycles. The molecule has 0 aromatic heterocycles. The zero-order valence-electron chi connectivity index (χ0n) is 19.1. The van der Waals surface area contributed by atoms with Gasteiger partial charge in [0.2, 0.25) is 11.8 Å². The Morgan fingerprint density at radius 2 is 1.77 bits per heavy atom. The first-order valence-electron chi connectivity index (χ1n) is 11.1. The number of esters is 1. The van der Waals surface area contributed by atoms with Gasteiger partial charge >= 0.3 is 12.0 Å². The van der Waals surface area contributed by atoms with Gasteiger partial charge in [0.05, 0.1) is 31.8 Å². The fourth-order valence-corrected chi connectivity index (χ4v) is 4.45. The number of methoxy groups -OCH3 is 1. The number of hydrogen-bond donors (Lipinski definition) is 2. The smallest absolute Gasteiger partial charge is 0.338 e. The van der Waals surface area contributed by atoms with E-state index in [-0.39, 0.29) is 42.7 Å².